The zero-order valence-electron chi connectivity index (χ0n) is 35.9. The average molecular weight is 1000 g/mol. The number of hydrogen-bond donors (Lipinski definition) is 6. The number of non-ortho nitro benzene ring substituents is 2. The van der Waals surface area contributed by atoms with Gasteiger partial charge in [0, 0.05) is 51.5 Å². The zero-order chi connectivity index (χ0) is 50.2. The second-order valence-electron chi connectivity index (χ2n) is 14.6. The Balaban J connectivity index is 0.000000229. The fourth-order valence-electron chi connectivity index (χ4n) is 6.94. The van der Waals surface area contributed by atoms with Crippen LogP contribution >= 0.6 is 0 Å². The molecule has 0 aliphatic heterocycles. The third-order valence-electron chi connectivity index (χ3n) is 10.3. The van der Waals surface area contributed by atoms with E-state index in [-0.39, 0.29) is 45.6 Å². The summed E-state index contributed by atoms with van der Waals surface area (Å²) >= 11 is 0. The third-order valence-corrected chi connectivity index (χ3v) is 10.3. The number of nitro benzene ring substituents is 4. The van der Waals surface area contributed by atoms with Gasteiger partial charge in [0.1, 0.15) is 34.6 Å². The minimum absolute atomic E-state index is 0. The van der Waals surface area contributed by atoms with Crippen molar-refractivity contribution in [1.82, 2.24) is 0 Å². The maximum atomic E-state index is 12.9. The number of amides is 1. The van der Waals surface area contributed by atoms with Crippen LogP contribution in [0, 0.1) is 40.5 Å². The monoisotopic (exact) mass is 1000 g/mol. The topological polar surface area (TPSA) is 367 Å². The number of carbonyl (C=O) groups excluding carboxylic acids is 1. The van der Waals surface area contributed by atoms with Crippen LogP contribution in [0.1, 0.15) is 27.6 Å². The molecule has 0 radical (unpaired) electrons. The molecular formula is C46H32CrN10O14. The van der Waals surface area contributed by atoms with E-state index in [0.29, 0.717) is 44.9 Å². The molecule has 0 aromatic heterocycles. The van der Waals surface area contributed by atoms with E-state index in [0.717, 1.165) is 12.1 Å². The van der Waals surface area contributed by atoms with Crippen molar-refractivity contribution in [3.8, 4) is 23.0 Å². The minimum atomic E-state index is -0.997. The van der Waals surface area contributed by atoms with Gasteiger partial charge in [0.15, 0.2) is 5.75 Å². The van der Waals surface area contributed by atoms with Gasteiger partial charge < -0.3 is 25.7 Å². The minimum Gasteiger partial charge on any atom is -0.505 e. The molecule has 0 aliphatic rings. The number of rotatable bonds is 13. The number of nitrogens with zero attached hydrogens (tertiary/aromatic N) is 8. The standard InChI is InChI=1S/C23H15N5O7.C23H17N5O7.Cr/c29-21-17(23(31)24-14-7-2-1-3-8-14)10-13-6-4-5-9-16(13)20(21)26-25-18-11-15(27(32)33)12-19(22(18)30)28(34)35;24-35-23(13-6-2-1-3-7-13)17-10-14-8-4-5-9-16(14)20(21(17)29)26-25-18-11-15(27(31)32)12-19(22(18)30)28(33)34;/h1-12,29-30H,(H,24,31);1-12,23,29-30H,24H2;. The number of nitrogens with one attached hydrogen (secondary N) is 1. The van der Waals surface area contributed by atoms with E-state index in [4.69, 9.17) is 10.7 Å². The van der Waals surface area contributed by atoms with Crippen molar-refractivity contribution in [2.75, 3.05) is 5.32 Å². The summed E-state index contributed by atoms with van der Waals surface area (Å²) in [6.45, 7) is 0. The van der Waals surface area contributed by atoms with Gasteiger partial charge in [0.05, 0.1) is 37.4 Å². The molecule has 8 aromatic rings. The summed E-state index contributed by atoms with van der Waals surface area (Å²) in [7, 11) is 0. The van der Waals surface area contributed by atoms with Crippen LogP contribution in [0.5, 0.6) is 23.0 Å². The quantitative estimate of drug-likeness (QED) is 0.0355. The van der Waals surface area contributed by atoms with Gasteiger partial charge in [-0.2, -0.15) is 0 Å². The predicted molar refractivity (Wildman–Crippen MR) is 250 cm³/mol. The molecule has 0 bridgehead atoms. The van der Waals surface area contributed by atoms with E-state index in [1.165, 1.54) is 6.07 Å². The molecule has 0 saturated carbocycles. The van der Waals surface area contributed by atoms with Gasteiger partial charge in [-0.15, -0.1) is 20.5 Å². The van der Waals surface area contributed by atoms with E-state index in [2.05, 4.69) is 25.8 Å². The van der Waals surface area contributed by atoms with Crippen molar-refractivity contribution >= 4 is 78.6 Å². The predicted octanol–water partition coefficient (Wildman–Crippen LogP) is 11.2. The number of nitro groups is 4. The molecule has 1 amide bonds. The van der Waals surface area contributed by atoms with Gasteiger partial charge in [-0.1, -0.05) is 97.1 Å². The van der Waals surface area contributed by atoms with Gasteiger partial charge in [-0.05, 0) is 40.6 Å². The van der Waals surface area contributed by atoms with Crippen molar-refractivity contribution < 1.29 is 67.1 Å². The number of phenols is 4. The van der Waals surface area contributed by atoms with Gasteiger partial charge in [0.25, 0.3) is 17.3 Å². The van der Waals surface area contributed by atoms with Crippen LogP contribution in [0.2, 0.25) is 0 Å². The summed E-state index contributed by atoms with van der Waals surface area (Å²) in [5.74, 6) is 2.19. The van der Waals surface area contributed by atoms with Gasteiger partial charge in [0.2, 0.25) is 11.5 Å². The Morgan fingerprint density at radius 3 is 1.44 bits per heavy atom. The van der Waals surface area contributed by atoms with Gasteiger partial charge >= 0.3 is 11.4 Å². The Bertz CT molecular complexity index is 3460. The molecule has 356 valence electrons. The second-order valence-corrected chi connectivity index (χ2v) is 14.6. The Morgan fingerprint density at radius 1 is 0.535 bits per heavy atom. The number of nitrogens with two attached hydrogens (primary N) is 1. The summed E-state index contributed by atoms with van der Waals surface area (Å²) in [5.41, 5.74) is -3.22. The number of phenolic OH excluding ortho intramolecular Hbond substituents is 4. The first-order valence-electron chi connectivity index (χ1n) is 20.0. The maximum Gasteiger partial charge on any atom is 0.319 e. The molecule has 0 saturated heterocycles. The Hall–Kier alpha value is -9.80. The average Bonchev–Trinajstić information content (AvgIpc) is 3.35. The molecule has 1 atom stereocenters. The molecule has 8 rings (SSSR count). The molecule has 0 fully saturated rings. The summed E-state index contributed by atoms with van der Waals surface area (Å²) in [5, 5.41) is 107. The largest absolute Gasteiger partial charge is 0.505 e. The van der Waals surface area contributed by atoms with Crippen molar-refractivity contribution in [3.63, 3.8) is 0 Å². The molecule has 7 N–H and O–H groups in total. The van der Waals surface area contributed by atoms with Crippen molar-refractivity contribution in [1.29, 1.82) is 0 Å². The summed E-state index contributed by atoms with van der Waals surface area (Å²) in [6.07, 6.45) is -0.873. The van der Waals surface area contributed by atoms with E-state index in [1.54, 1.807) is 109 Å². The number of anilines is 1. The van der Waals surface area contributed by atoms with E-state index < -0.39 is 83.1 Å². The van der Waals surface area contributed by atoms with Crippen molar-refractivity contribution in [2.45, 2.75) is 6.10 Å². The third kappa shape index (κ3) is 11.0. The van der Waals surface area contributed by atoms with E-state index in [1.807, 2.05) is 6.07 Å². The van der Waals surface area contributed by atoms with Crippen LogP contribution in [0.4, 0.5) is 51.2 Å². The molecule has 1 unspecified atom stereocenters. The van der Waals surface area contributed by atoms with Crippen LogP contribution in [0.15, 0.2) is 166 Å². The molecule has 25 heteroatoms. The molecular weight excluding hydrogens is 969 g/mol. The number of hydrogen-bond acceptors (Lipinski definition) is 19. The summed E-state index contributed by atoms with van der Waals surface area (Å²) in [4.78, 5) is 59.1. The van der Waals surface area contributed by atoms with Crippen molar-refractivity contribution in [3.05, 3.63) is 203 Å². The molecule has 0 spiro atoms. The van der Waals surface area contributed by atoms with Gasteiger partial charge in [-0.25, -0.2) is 5.90 Å². The van der Waals surface area contributed by atoms with Crippen LogP contribution in [-0.4, -0.2) is 46.0 Å². The van der Waals surface area contributed by atoms with Crippen LogP contribution < -0.4 is 11.2 Å². The fourth-order valence-corrected chi connectivity index (χ4v) is 6.94. The normalized spacial score (nSPS) is 11.4. The van der Waals surface area contributed by atoms with Crippen molar-refractivity contribution in [2.24, 2.45) is 26.4 Å². The number of para-hydroxylation sites is 1. The van der Waals surface area contributed by atoms with Gasteiger partial charge in [-0.3, -0.25) is 50.1 Å². The van der Waals surface area contributed by atoms with Crippen LogP contribution in [0.3, 0.4) is 0 Å². The number of benzene rings is 8. The molecule has 8 aromatic carbocycles. The first-order chi connectivity index (χ1) is 33.6. The zero-order valence-corrected chi connectivity index (χ0v) is 37.1. The summed E-state index contributed by atoms with van der Waals surface area (Å²) in [6, 6.07) is 36.9. The van der Waals surface area contributed by atoms with E-state index in [9.17, 15) is 65.7 Å². The fraction of sp³-hybridized carbons (Fsp3) is 0.0217. The molecule has 0 aliphatic carbocycles. The Morgan fingerprint density at radius 2 is 0.972 bits per heavy atom. The SMILES string of the molecule is NOC(c1ccccc1)c1cc2ccccc2c(N=Nc2cc([N+](=O)[O-])cc([N+](=O)[O-])c2O)c1O.O=C(Nc1ccccc1)c1cc2ccccc2c(N=Nc2cc([N+](=O)[O-])cc([N+](=O)[O-])c2O)c1O.[Cr]. The first-order valence-corrected chi connectivity index (χ1v) is 20.0. The van der Waals surface area contributed by atoms with E-state index >= 15 is 0 Å². The molecule has 71 heavy (non-hydrogen) atoms. The maximum absolute atomic E-state index is 12.9. The Kier molecular flexibility index (Phi) is 15.6. The Labute approximate surface area is 407 Å². The van der Waals surface area contributed by atoms with Crippen LogP contribution in [-0.2, 0) is 22.2 Å². The van der Waals surface area contributed by atoms with Crippen LogP contribution in [0.25, 0.3) is 21.5 Å². The molecule has 0 heterocycles. The smallest absolute Gasteiger partial charge is 0.319 e. The number of fused-ring (bicyclic) bond motifs is 2. The number of aromatic hydroxyl groups is 4. The molecule has 24 nitrogen and oxygen atoms in total. The second kappa shape index (κ2) is 21.9. The number of carbonyl (C=O) groups is 1. The number of azo groups is 2. The summed E-state index contributed by atoms with van der Waals surface area (Å²) < 4.78 is 0. The first kappa shape index (κ1) is 50.6.